The topological polar surface area (TPSA) is 76.7 Å². The second kappa shape index (κ2) is 5.10. The molecule has 2 heterocycles. The van der Waals surface area contributed by atoms with Gasteiger partial charge in [0.1, 0.15) is 10.7 Å². The van der Waals surface area contributed by atoms with Crippen LogP contribution in [-0.4, -0.2) is 19.9 Å². The van der Waals surface area contributed by atoms with Gasteiger partial charge < -0.3 is 11.1 Å². The average molecular weight is 301 g/mol. The molecule has 3 aromatic rings. The summed E-state index contributed by atoms with van der Waals surface area (Å²) in [6, 6.07) is 6.16. The molecule has 100 valence electrons. The SMILES string of the molecule is Cc1ccc2nc(Nc3cnc(C(N)=S)cn3)sc2c1. The van der Waals surface area contributed by atoms with Crippen LogP contribution in [0, 0.1) is 6.92 Å². The Kier molecular flexibility index (Phi) is 3.29. The van der Waals surface area contributed by atoms with Gasteiger partial charge in [0.15, 0.2) is 10.9 Å². The molecule has 0 bridgehead atoms. The summed E-state index contributed by atoms with van der Waals surface area (Å²) in [6.07, 6.45) is 3.13. The number of thiazole rings is 1. The van der Waals surface area contributed by atoms with E-state index in [4.69, 9.17) is 18.0 Å². The van der Waals surface area contributed by atoms with E-state index in [1.165, 1.54) is 5.56 Å². The van der Waals surface area contributed by atoms with Gasteiger partial charge in [-0.15, -0.1) is 0 Å². The largest absolute Gasteiger partial charge is 0.388 e. The summed E-state index contributed by atoms with van der Waals surface area (Å²) < 4.78 is 1.14. The zero-order valence-electron chi connectivity index (χ0n) is 10.6. The van der Waals surface area contributed by atoms with Crippen molar-refractivity contribution in [3.63, 3.8) is 0 Å². The molecule has 5 nitrogen and oxygen atoms in total. The van der Waals surface area contributed by atoms with Crippen molar-refractivity contribution in [2.45, 2.75) is 6.92 Å². The standard InChI is InChI=1S/C13H11N5S2/c1-7-2-3-8-10(4-7)20-13(17-8)18-11-6-15-9(5-16-11)12(14)19/h2-6H,1H3,(H2,14,19)(H,16,17,18). The van der Waals surface area contributed by atoms with E-state index >= 15 is 0 Å². The van der Waals surface area contributed by atoms with Crippen molar-refractivity contribution in [3.8, 4) is 0 Å². The molecule has 1 aromatic carbocycles. The monoisotopic (exact) mass is 301 g/mol. The number of hydrogen-bond acceptors (Lipinski definition) is 6. The van der Waals surface area contributed by atoms with Crippen LogP contribution in [0.2, 0.25) is 0 Å². The average Bonchev–Trinajstić information content (AvgIpc) is 2.80. The van der Waals surface area contributed by atoms with E-state index < -0.39 is 0 Å². The molecule has 20 heavy (non-hydrogen) atoms. The van der Waals surface area contributed by atoms with Crippen molar-refractivity contribution in [3.05, 3.63) is 41.9 Å². The smallest absolute Gasteiger partial charge is 0.189 e. The van der Waals surface area contributed by atoms with Crippen LogP contribution in [0.25, 0.3) is 10.2 Å². The molecule has 0 amide bonds. The normalized spacial score (nSPS) is 10.7. The number of fused-ring (bicyclic) bond motifs is 1. The second-order valence-electron chi connectivity index (χ2n) is 4.27. The summed E-state index contributed by atoms with van der Waals surface area (Å²) in [5, 5.41) is 3.91. The van der Waals surface area contributed by atoms with Crippen LogP contribution in [-0.2, 0) is 0 Å². The minimum absolute atomic E-state index is 0.236. The van der Waals surface area contributed by atoms with E-state index in [1.54, 1.807) is 23.7 Å². The summed E-state index contributed by atoms with van der Waals surface area (Å²) in [6.45, 7) is 2.06. The highest BCUT2D eigenvalue weighted by molar-refractivity contribution is 7.80. The summed E-state index contributed by atoms with van der Waals surface area (Å²) in [7, 11) is 0. The zero-order chi connectivity index (χ0) is 14.1. The van der Waals surface area contributed by atoms with Crippen LogP contribution < -0.4 is 11.1 Å². The highest BCUT2D eigenvalue weighted by Gasteiger charge is 2.06. The first kappa shape index (κ1) is 12.9. The van der Waals surface area contributed by atoms with Gasteiger partial charge in [-0.2, -0.15) is 0 Å². The maximum atomic E-state index is 5.48. The van der Waals surface area contributed by atoms with Gasteiger partial charge in [0.05, 0.1) is 22.6 Å². The molecule has 7 heteroatoms. The number of rotatable bonds is 3. The minimum atomic E-state index is 0.236. The predicted molar refractivity (Wildman–Crippen MR) is 85.6 cm³/mol. The lowest BCUT2D eigenvalue weighted by Crippen LogP contribution is -2.12. The van der Waals surface area contributed by atoms with E-state index in [1.807, 2.05) is 12.1 Å². The highest BCUT2D eigenvalue weighted by Crippen LogP contribution is 2.28. The molecule has 0 spiro atoms. The van der Waals surface area contributed by atoms with E-state index in [0.717, 1.165) is 15.3 Å². The van der Waals surface area contributed by atoms with Crippen molar-refractivity contribution in [1.29, 1.82) is 0 Å². The van der Waals surface area contributed by atoms with Gasteiger partial charge in [-0.05, 0) is 24.6 Å². The Labute approximate surface area is 124 Å². The first-order valence-corrected chi connectivity index (χ1v) is 7.10. The number of nitrogens with one attached hydrogen (secondary N) is 1. The van der Waals surface area contributed by atoms with Crippen LogP contribution >= 0.6 is 23.6 Å². The van der Waals surface area contributed by atoms with Crippen LogP contribution in [0.3, 0.4) is 0 Å². The third-order valence-electron chi connectivity index (χ3n) is 2.68. The number of aryl methyl sites for hydroxylation is 1. The molecular formula is C13H11N5S2. The first-order valence-electron chi connectivity index (χ1n) is 5.88. The van der Waals surface area contributed by atoms with Crippen LogP contribution in [0.1, 0.15) is 11.3 Å². The summed E-state index contributed by atoms with van der Waals surface area (Å²) in [5.74, 6) is 0.612. The van der Waals surface area contributed by atoms with E-state index in [0.29, 0.717) is 11.5 Å². The fourth-order valence-corrected chi connectivity index (χ4v) is 2.79. The van der Waals surface area contributed by atoms with Gasteiger partial charge >= 0.3 is 0 Å². The molecule has 0 aliphatic carbocycles. The zero-order valence-corrected chi connectivity index (χ0v) is 12.3. The van der Waals surface area contributed by atoms with Gasteiger partial charge in [-0.3, -0.25) is 0 Å². The Bertz CT molecular complexity index is 779. The number of aromatic nitrogens is 3. The van der Waals surface area contributed by atoms with Crippen LogP contribution in [0.15, 0.2) is 30.6 Å². The molecule has 2 aromatic heterocycles. The number of benzene rings is 1. The molecule has 0 saturated carbocycles. The summed E-state index contributed by atoms with van der Waals surface area (Å²) >= 11 is 6.41. The number of nitrogens with two attached hydrogens (primary N) is 1. The lowest BCUT2D eigenvalue weighted by atomic mass is 10.2. The maximum Gasteiger partial charge on any atom is 0.189 e. The Balaban J connectivity index is 1.87. The first-order chi connectivity index (χ1) is 9.61. The van der Waals surface area contributed by atoms with Crippen LogP contribution in [0.4, 0.5) is 10.9 Å². The third kappa shape index (κ3) is 2.59. The molecule has 0 aliphatic heterocycles. The molecule has 0 unspecified atom stereocenters. The number of anilines is 2. The molecule has 0 aliphatic rings. The minimum Gasteiger partial charge on any atom is -0.388 e. The van der Waals surface area contributed by atoms with Crippen molar-refractivity contribution in [2.75, 3.05) is 5.32 Å². The van der Waals surface area contributed by atoms with Crippen molar-refractivity contribution < 1.29 is 0 Å². The third-order valence-corrected chi connectivity index (χ3v) is 3.83. The maximum absolute atomic E-state index is 5.48. The molecule has 3 rings (SSSR count). The van der Waals surface area contributed by atoms with Crippen molar-refractivity contribution in [2.24, 2.45) is 5.73 Å². The number of nitrogens with zero attached hydrogens (tertiary/aromatic N) is 3. The quantitative estimate of drug-likeness (QED) is 0.724. The Morgan fingerprint density at radius 2 is 2.15 bits per heavy atom. The Morgan fingerprint density at radius 1 is 1.30 bits per heavy atom. The molecule has 0 fully saturated rings. The number of thiocarbonyl (C=S) groups is 1. The molecule has 0 radical (unpaired) electrons. The summed E-state index contributed by atoms with van der Waals surface area (Å²) in [5.41, 5.74) is 8.17. The molecule has 0 atom stereocenters. The van der Waals surface area contributed by atoms with Crippen molar-refractivity contribution in [1.82, 2.24) is 15.0 Å². The molecule has 3 N–H and O–H groups in total. The van der Waals surface area contributed by atoms with Gasteiger partial charge in [0.2, 0.25) is 0 Å². The van der Waals surface area contributed by atoms with Gasteiger partial charge in [0.25, 0.3) is 0 Å². The Hall–Kier alpha value is -2.12. The fraction of sp³-hybridized carbons (Fsp3) is 0.0769. The molecular weight excluding hydrogens is 290 g/mol. The fourth-order valence-electron chi connectivity index (χ4n) is 1.71. The van der Waals surface area contributed by atoms with Crippen LogP contribution in [0.5, 0.6) is 0 Å². The van der Waals surface area contributed by atoms with Crippen molar-refractivity contribution >= 4 is 49.7 Å². The van der Waals surface area contributed by atoms with E-state index in [9.17, 15) is 0 Å². The predicted octanol–water partition coefficient (Wildman–Crippen LogP) is 2.77. The Morgan fingerprint density at radius 3 is 2.85 bits per heavy atom. The van der Waals surface area contributed by atoms with Gasteiger partial charge in [-0.1, -0.05) is 29.6 Å². The van der Waals surface area contributed by atoms with Gasteiger partial charge in [-0.25, -0.2) is 15.0 Å². The van der Waals surface area contributed by atoms with Gasteiger partial charge in [0, 0.05) is 0 Å². The second-order valence-corrected chi connectivity index (χ2v) is 5.74. The summed E-state index contributed by atoms with van der Waals surface area (Å²) in [4.78, 5) is 13.1. The molecule has 0 saturated heterocycles. The number of hydrogen-bond donors (Lipinski definition) is 2. The lowest BCUT2D eigenvalue weighted by molar-refractivity contribution is 1.17. The van der Waals surface area contributed by atoms with E-state index in [-0.39, 0.29) is 4.99 Å². The highest BCUT2D eigenvalue weighted by atomic mass is 32.1. The lowest BCUT2D eigenvalue weighted by Gasteiger charge is -2.01. The van der Waals surface area contributed by atoms with E-state index in [2.05, 4.69) is 33.3 Å².